The van der Waals surface area contributed by atoms with Crippen molar-refractivity contribution < 1.29 is 13.2 Å². The van der Waals surface area contributed by atoms with Crippen molar-refractivity contribution >= 4 is 16.0 Å². The zero-order valence-electron chi connectivity index (χ0n) is 15.6. The van der Waals surface area contributed by atoms with Gasteiger partial charge in [-0.25, -0.2) is 18.5 Å². The molecule has 0 aromatic heterocycles. The van der Waals surface area contributed by atoms with E-state index >= 15 is 0 Å². The second kappa shape index (κ2) is 9.94. The van der Waals surface area contributed by atoms with Crippen LogP contribution in [0.5, 0.6) is 5.75 Å². The highest BCUT2D eigenvalue weighted by Crippen LogP contribution is 2.11. The fourth-order valence-corrected chi connectivity index (χ4v) is 2.96. The number of primary sulfonamides is 1. The molecule has 0 atom stereocenters. The van der Waals surface area contributed by atoms with Gasteiger partial charge in [-0.2, -0.15) is 0 Å². The summed E-state index contributed by atoms with van der Waals surface area (Å²) in [4.78, 5) is 6.63. The van der Waals surface area contributed by atoms with E-state index in [0.717, 1.165) is 23.8 Å². The van der Waals surface area contributed by atoms with Crippen LogP contribution in [0.25, 0.3) is 0 Å². The van der Waals surface area contributed by atoms with Crippen LogP contribution in [-0.2, 0) is 16.6 Å². The van der Waals surface area contributed by atoms with Crippen molar-refractivity contribution in [2.24, 2.45) is 10.1 Å². The third-order valence-corrected chi connectivity index (χ3v) is 4.68. The molecule has 0 saturated heterocycles. The van der Waals surface area contributed by atoms with Gasteiger partial charge in [0.05, 0.1) is 18.0 Å². The highest BCUT2D eigenvalue weighted by atomic mass is 32.2. The van der Waals surface area contributed by atoms with Crippen LogP contribution in [-0.4, -0.2) is 46.0 Å². The Bertz CT molecular complexity index is 854. The molecule has 2 aromatic rings. The molecule has 0 aliphatic rings. The minimum atomic E-state index is -3.72. The fraction of sp³-hybridized carbons (Fsp3) is 0.316. The number of para-hydroxylation sites is 1. The van der Waals surface area contributed by atoms with Crippen molar-refractivity contribution in [3.05, 3.63) is 60.2 Å². The lowest BCUT2D eigenvalue weighted by Gasteiger charge is -2.22. The zero-order valence-corrected chi connectivity index (χ0v) is 16.4. The highest BCUT2D eigenvalue weighted by Gasteiger charge is 2.09. The van der Waals surface area contributed by atoms with E-state index in [1.807, 2.05) is 55.3 Å². The molecule has 7 nitrogen and oxygen atoms in total. The van der Waals surface area contributed by atoms with Crippen molar-refractivity contribution in [1.82, 2.24) is 10.2 Å². The average molecular weight is 391 g/mol. The number of aliphatic imine (C=N–C) groups is 1. The molecule has 0 spiro atoms. The van der Waals surface area contributed by atoms with Crippen LogP contribution in [0.4, 0.5) is 0 Å². The zero-order chi connectivity index (χ0) is 19.7. The Hall–Kier alpha value is -2.58. The quantitative estimate of drug-likeness (QED) is 0.529. The number of benzene rings is 2. The molecule has 27 heavy (non-hydrogen) atoms. The summed E-state index contributed by atoms with van der Waals surface area (Å²) in [6.07, 6.45) is 0. The van der Waals surface area contributed by atoms with E-state index in [-0.39, 0.29) is 4.90 Å². The number of rotatable bonds is 8. The molecule has 0 heterocycles. The van der Waals surface area contributed by atoms with Crippen molar-refractivity contribution in [3.8, 4) is 5.75 Å². The molecule has 0 amide bonds. The summed E-state index contributed by atoms with van der Waals surface area (Å²) >= 11 is 0. The molecule has 0 saturated carbocycles. The van der Waals surface area contributed by atoms with Crippen molar-refractivity contribution in [2.45, 2.75) is 18.4 Å². The molecule has 0 radical (unpaired) electrons. The van der Waals surface area contributed by atoms with Gasteiger partial charge in [0.25, 0.3) is 0 Å². The minimum Gasteiger partial charge on any atom is -0.492 e. The topological polar surface area (TPSA) is 97.0 Å². The number of hydrogen-bond acceptors (Lipinski definition) is 4. The Labute approximate surface area is 160 Å². The fourth-order valence-electron chi connectivity index (χ4n) is 2.38. The predicted molar refractivity (Wildman–Crippen MR) is 107 cm³/mol. The third kappa shape index (κ3) is 6.92. The number of nitrogens with one attached hydrogen (secondary N) is 1. The molecule has 0 bridgehead atoms. The SMILES string of the molecule is CCNC(=NCc1cccc(S(N)(=O)=O)c1)N(C)CCOc1ccccc1. The van der Waals surface area contributed by atoms with Crippen LogP contribution in [0, 0.1) is 0 Å². The Morgan fingerprint density at radius 2 is 1.93 bits per heavy atom. The van der Waals surface area contributed by atoms with Gasteiger partial charge in [-0.3, -0.25) is 0 Å². The van der Waals surface area contributed by atoms with Gasteiger partial charge >= 0.3 is 0 Å². The summed E-state index contributed by atoms with van der Waals surface area (Å²) in [6.45, 7) is 4.23. The smallest absolute Gasteiger partial charge is 0.238 e. The second-order valence-electron chi connectivity index (χ2n) is 5.95. The van der Waals surface area contributed by atoms with E-state index in [1.165, 1.54) is 6.07 Å². The van der Waals surface area contributed by atoms with Gasteiger partial charge in [0, 0.05) is 13.6 Å². The lowest BCUT2D eigenvalue weighted by molar-refractivity contribution is 0.281. The van der Waals surface area contributed by atoms with Gasteiger partial charge in [0.2, 0.25) is 10.0 Å². The number of likely N-dealkylation sites (N-methyl/N-ethyl adjacent to an activating group) is 1. The van der Waals surface area contributed by atoms with Crippen molar-refractivity contribution in [1.29, 1.82) is 0 Å². The lowest BCUT2D eigenvalue weighted by atomic mass is 10.2. The maximum atomic E-state index is 11.5. The van der Waals surface area contributed by atoms with Crippen LogP contribution in [0.15, 0.2) is 64.5 Å². The summed E-state index contributed by atoms with van der Waals surface area (Å²) in [7, 11) is -1.79. The van der Waals surface area contributed by atoms with Crippen LogP contribution < -0.4 is 15.2 Å². The van der Waals surface area contributed by atoms with Crippen LogP contribution in [0.2, 0.25) is 0 Å². The Balaban J connectivity index is 1.98. The molecule has 8 heteroatoms. The number of nitrogens with zero attached hydrogens (tertiary/aromatic N) is 2. The monoisotopic (exact) mass is 390 g/mol. The predicted octanol–water partition coefficient (Wildman–Crippen LogP) is 1.81. The first-order valence-electron chi connectivity index (χ1n) is 8.69. The average Bonchev–Trinajstić information content (AvgIpc) is 2.65. The van der Waals surface area contributed by atoms with E-state index in [2.05, 4.69) is 10.3 Å². The molecule has 0 unspecified atom stereocenters. The van der Waals surface area contributed by atoms with E-state index in [0.29, 0.717) is 19.7 Å². The molecule has 0 aliphatic heterocycles. The summed E-state index contributed by atoms with van der Waals surface area (Å²) < 4.78 is 28.7. The van der Waals surface area contributed by atoms with Crippen molar-refractivity contribution in [2.75, 3.05) is 26.7 Å². The summed E-state index contributed by atoms with van der Waals surface area (Å²) in [6, 6.07) is 16.1. The molecule has 0 fully saturated rings. The summed E-state index contributed by atoms with van der Waals surface area (Å²) in [5, 5.41) is 8.41. The first-order chi connectivity index (χ1) is 12.9. The van der Waals surface area contributed by atoms with Crippen LogP contribution >= 0.6 is 0 Å². The molecule has 3 N–H and O–H groups in total. The molecule has 0 aliphatic carbocycles. The Morgan fingerprint density at radius 1 is 1.19 bits per heavy atom. The normalized spacial score (nSPS) is 11.9. The standard InChI is InChI=1S/C19H26N4O3S/c1-3-21-19(23(2)12-13-26-17-9-5-4-6-10-17)22-15-16-8-7-11-18(14-16)27(20,24)25/h4-11,14H,3,12-13,15H2,1-2H3,(H,21,22)(H2,20,24,25). The molecular weight excluding hydrogens is 364 g/mol. The lowest BCUT2D eigenvalue weighted by Crippen LogP contribution is -2.40. The molecule has 2 aromatic carbocycles. The summed E-state index contributed by atoms with van der Waals surface area (Å²) in [5.74, 6) is 1.54. The van der Waals surface area contributed by atoms with Crippen LogP contribution in [0.3, 0.4) is 0 Å². The second-order valence-corrected chi connectivity index (χ2v) is 7.51. The van der Waals surface area contributed by atoms with Gasteiger partial charge in [0.15, 0.2) is 5.96 Å². The number of hydrogen-bond donors (Lipinski definition) is 2. The van der Waals surface area contributed by atoms with Crippen LogP contribution in [0.1, 0.15) is 12.5 Å². The van der Waals surface area contributed by atoms with Gasteiger partial charge in [0.1, 0.15) is 12.4 Å². The number of guanidine groups is 1. The van der Waals surface area contributed by atoms with E-state index in [1.54, 1.807) is 12.1 Å². The summed E-state index contributed by atoms with van der Waals surface area (Å²) in [5.41, 5.74) is 0.769. The minimum absolute atomic E-state index is 0.0878. The van der Waals surface area contributed by atoms with Gasteiger partial charge in [-0.15, -0.1) is 0 Å². The van der Waals surface area contributed by atoms with E-state index in [9.17, 15) is 8.42 Å². The maximum Gasteiger partial charge on any atom is 0.238 e. The first-order valence-corrected chi connectivity index (χ1v) is 10.2. The maximum absolute atomic E-state index is 11.5. The van der Waals surface area contributed by atoms with Gasteiger partial charge < -0.3 is 15.0 Å². The highest BCUT2D eigenvalue weighted by molar-refractivity contribution is 7.89. The van der Waals surface area contributed by atoms with Gasteiger partial charge in [-0.05, 0) is 36.8 Å². The Morgan fingerprint density at radius 3 is 2.59 bits per heavy atom. The van der Waals surface area contributed by atoms with E-state index < -0.39 is 10.0 Å². The molecular formula is C19H26N4O3S. The third-order valence-electron chi connectivity index (χ3n) is 3.77. The largest absolute Gasteiger partial charge is 0.492 e. The van der Waals surface area contributed by atoms with E-state index in [4.69, 9.17) is 9.88 Å². The molecule has 2 rings (SSSR count). The first kappa shape index (κ1) is 20.7. The number of nitrogens with two attached hydrogens (primary N) is 1. The number of sulfonamides is 1. The molecule has 146 valence electrons. The number of ether oxygens (including phenoxy) is 1. The Kier molecular flexibility index (Phi) is 7.63. The van der Waals surface area contributed by atoms with Gasteiger partial charge in [-0.1, -0.05) is 30.3 Å². The van der Waals surface area contributed by atoms with Crippen molar-refractivity contribution in [3.63, 3.8) is 0 Å².